The van der Waals surface area contributed by atoms with Gasteiger partial charge >= 0.3 is 6.16 Å². The number of aromatic nitrogens is 5. The number of pyridine rings is 1. The van der Waals surface area contributed by atoms with E-state index in [0.29, 0.717) is 35.4 Å². The van der Waals surface area contributed by atoms with Crippen molar-refractivity contribution >= 4 is 28.8 Å². The van der Waals surface area contributed by atoms with E-state index in [-0.39, 0.29) is 42.3 Å². The van der Waals surface area contributed by atoms with Crippen LogP contribution < -0.4 is 20.7 Å². The number of hydrogen-bond donors (Lipinski definition) is 3. The highest BCUT2D eigenvalue weighted by Gasteiger charge is 2.43. The molecule has 0 radical (unpaired) electrons. The first-order valence-electron chi connectivity index (χ1n) is 14.1. The molecule has 0 aliphatic carbocycles. The molecule has 5 rings (SSSR count). The molecule has 1 aliphatic rings. The number of carbonyl (C=O) groups excluding carboxylic acids is 1. The molecule has 3 atom stereocenters. The van der Waals surface area contributed by atoms with Gasteiger partial charge in [0.05, 0.1) is 50.2 Å². The van der Waals surface area contributed by atoms with E-state index < -0.39 is 42.1 Å². The van der Waals surface area contributed by atoms with E-state index in [4.69, 9.17) is 15.2 Å². The molecule has 4 heterocycles. The number of rotatable bonds is 10. The van der Waals surface area contributed by atoms with E-state index in [2.05, 4.69) is 30.0 Å². The Labute approximate surface area is 260 Å². The number of nitrogens with two attached hydrogens (primary N) is 1. The maximum Gasteiger partial charge on any atom is 0.509 e. The Morgan fingerprint density at radius 1 is 1.15 bits per heavy atom. The Kier molecular flexibility index (Phi) is 9.43. The molecular formula is C29H32F4N8O5. The van der Waals surface area contributed by atoms with E-state index in [1.54, 1.807) is 22.5 Å². The summed E-state index contributed by atoms with van der Waals surface area (Å²) in [6.45, 7) is 1.93. The van der Waals surface area contributed by atoms with Gasteiger partial charge in [-0.1, -0.05) is 0 Å². The van der Waals surface area contributed by atoms with Crippen LogP contribution in [0.5, 0.6) is 5.75 Å². The molecule has 1 fully saturated rings. The van der Waals surface area contributed by atoms with Crippen LogP contribution in [0.4, 0.5) is 33.9 Å². The van der Waals surface area contributed by atoms with Gasteiger partial charge in [0, 0.05) is 24.7 Å². The third-order valence-corrected chi connectivity index (χ3v) is 7.73. The van der Waals surface area contributed by atoms with Gasteiger partial charge in [0.2, 0.25) is 0 Å². The van der Waals surface area contributed by atoms with Gasteiger partial charge in [-0.2, -0.15) is 0 Å². The van der Waals surface area contributed by atoms with Crippen LogP contribution in [0.3, 0.4) is 0 Å². The predicted octanol–water partition coefficient (Wildman–Crippen LogP) is 3.69. The second kappa shape index (κ2) is 13.3. The Balaban J connectivity index is 1.55. The molecular weight excluding hydrogens is 616 g/mol. The van der Waals surface area contributed by atoms with Crippen LogP contribution in [0.2, 0.25) is 0 Å². The maximum absolute atomic E-state index is 15.1. The monoisotopic (exact) mass is 648 g/mol. The van der Waals surface area contributed by atoms with Crippen molar-refractivity contribution in [3.8, 4) is 17.0 Å². The number of alkyl halides is 2. The minimum Gasteiger partial charge on any atom is -0.494 e. The van der Waals surface area contributed by atoms with E-state index >= 15 is 4.39 Å². The van der Waals surface area contributed by atoms with Crippen LogP contribution in [0.25, 0.3) is 22.4 Å². The topological polar surface area (TPSA) is 163 Å². The summed E-state index contributed by atoms with van der Waals surface area (Å²) < 4.78 is 72.9. The summed E-state index contributed by atoms with van der Waals surface area (Å²) in [5.41, 5.74) is 6.36. The fraction of sp³-hybridized carbons (Fsp3) is 0.414. The molecule has 0 saturated carbocycles. The minimum atomic E-state index is -3.04. The highest BCUT2D eigenvalue weighted by molar-refractivity contribution is 5.83. The summed E-state index contributed by atoms with van der Waals surface area (Å²) in [6, 6.07) is 3.44. The number of ether oxygens (including phenoxy) is 3. The smallest absolute Gasteiger partial charge is 0.494 e. The molecule has 13 nitrogen and oxygen atoms in total. The standard InChI is InChI=1S/C29H32F4N8O5/c1-15(46-28(43)45-3)39-26-23-27(37-13-36-26)41(14-38-23)11-16-7-20(17-8-19(31)22(44-2)9-18(17)30)35-10-21(16)40-6-4-5-29(34,12-40)24(42)25(32)33/h7-10,13-15,24-25,42H,4-6,11-12,34H2,1-3H3,(H,36,37,39)/t15?,24-,29-/m1/s1. The van der Waals surface area contributed by atoms with Crippen molar-refractivity contribution in [3.05, 3.63) is 54.2 Å². The SMILES string of the molecule is COC(=O)OC(C)Nc1ncnc2c1ncn2Cc1cc(-c2cc(F)c(OC)cc2F)ncc1N1CCC[C@](N)([C@H](O)C(F)F)C1. The molecule has 1 aromatic carbocycles. The molecule has 46 heavy (non-hydrogen) atoms. The first-order chi connectivity index (χ1) is 21.9. The van der Waals surface area contributed by atoms with Crippen LogP contribution >= 0.6 is 0 Å². The zero-order valence-corrected chi connectivity index (χ0v) is 25.1. The van der Waals surface area contributed by atoms with Gasteiger partial charge in [-0.3, -0.25) is 4.98 Å². The van der Waals surface area contributed by atoms with Crippen LogP contribution in [-0.2, 0) is 16.0 Å². The average molecular weight is 649 g/mol. The summed E-state index contributed by atoms with van der Waals surface area (Å²) in [6.07, 6.45) is -2.06. The average Bonchev–Trinajstić information content (AvgIpc) is 3.44. The number of aliphatic hydroxyl groups is 1. The van der Waals surface area contributed by atoms with E-state index in [1.807, 2.05) is 0 Å². The zero-order valence-electron chi connectivity index (χ0n) is 25.1. The first-order valence-corrected chi connectivity index (χ1v) is 14.1. The number of benzene rings is 1. The molecule has 1 unspecified atom stereocenters. The molecule has 17 heteroatoms. The third kappa shape index (κ3) is 6.60. The number of nitrogens with zero attached hydrogens (tertiary/aromatic N) is 6. The van der Waals surface area contributed by atoms with Gasteiger partial charge in [-0.05, 0) is 37.5 Å². The quantitative estimate of drug-likeness (QED) is 0.130. The summed E-state index contributed by atoms with van der Waals surface area (Å²) >= 11 is 0. The van der Waals surface area contributed by atoms with Gasteiger partial charge in [0.1, 0.15) is 18.2 Å². The van der Waals surface area contributed by atoms with Crippen LogP contribution in [0.1, 0.15) is 25.3 Å². The minimum absolute atomic E-state index is 0.0672. The summed E-state index contributed by atoms with van der Waals surface area (Å²) in [5.74, 6) is -1.58. The molecule has 1 aliphatic heterocycles. The fourth-order valence-corrected chi connectivity index (χ4v) is 5.44. The lowest BCUT2D eigenvalue weighted by molar-refractivity contribution is -0.0529. The van der Waals surface area contributed by atoms with Crippen molar-refractivity contribution in [1.82, 2.24) is 24.5 Å². The van der Waals surface area contributed by atoms with Crippen molar-refractivity contribution in [2.75, 3.05) is 37.5 Å². The highest BCUT2D eigenvalue weighted by atomic mass is 19.3. The van der Waals surface area contributed by atoms with Crippen molar-refractivity contribution in [2.24, 2.45) is 5.73 Å². The zero-order chi connectivity index (χ0) is 33.2. The summed E-state index contributed by atoms with van der Waals surface area (Å²) in [5, 5.41) is 13.2. The Morgan fingerprint density at radius 2 is 1.93 bits per heavy atom. The maximum atomic E-state index is 15.1. The lowest BCUT2D eigenvalue weighted by atomic mass is 9.84. The number of fused-ring (bicyclic) bond motifs is 1. The number of aliphatic hydroxyl groups excluding tert-OH is 1. The van der Waals surface area contributed by atoms with Crippen molar-refractivity contribution in [3.63, 3.8) is 0 Å². The molecule has 4 N–H and O–H groups in total. The van der Waals surface area contributed by atoms with E-state index in [0.717, 1.165) is 12.1 Å². The lowest BCUT2D eigenvalue weighted by Crippen LogP contribution is -2.63. The second-order valence-electron chi connectivity index (χ2n) is 10.8. The van der Waals surface area contributed by atoms with Gasteiger partial charge in [-0.25, -0.2) is 37.3 Å². The number of nitrogens with one attached hydrogen (secondary N) is 1. The van der Waals surface area contributed by atoms with Crippen LogP contribution in [0, 0.1) is 11.6 Å². The summed E-state index contributed by atoms with van der Waals surface area (Å²) in [7, 11) is 2.40. The molecule has 4 aromatic rings. The molecule has 3 aromatic heterocycles. The first kappa shape index (κ1) is 32.6. The Bertz CT molecular complexity index is 1730. The normalized spacial score (nSPS) is 18.0. The van der Waals surface area contributed by atoms with E-state index in [9.17, 15) is 23.1 Å². The second-order valence-corrected chi connectivity index (χ2v) is 10.8. The third-order valence-electron chi connectivity index (χ3n) is 7.73. The van der Waals surface area contributed by atoms with E-state index in [1.165, 1.54) is 33.1 Å². The largest absolute Gasteiger partial charge is 0.509 e. The van der Waals surface area contributed by atoms with Gasteiger partial charge in [0.15, 0.2) is 34.8 Å². The number of anilines is 2. The molecule has 1 saturated heterocycles. The fourth-order valence-electron chi connectivity index (χ4n) is 5.44. The summed E-state index contributed by atoms with van der Waals surface area (Å²) in [4.78, 5) is 30.6. The van der Waals surface area contributed by atoms with Gasteiger partial charge in [0.25, 0.3) is 6.43 Å². The molecule has 0 bridgehead atoms. The van der Waals surface area contributed by atoms with Gasteiger partial charge in [-0.15, -0.1) is 0 Å². The number of piperidine rings is 1. The number of carbonyl (C=O) groups is 1. The van der Waals surface area contributed by atoms with Crippen LogP contribution in [0.15, 0.2) is 37.1 Å². The lowest BCUT2D eigenvalue weighted by Gasteiger charge is -2.44. The number of hydrogen-bond acceptors (Lipinski definition) is 12. The molecule has 0 spiro atoms. The predicted molar refractivity (Wildman–Crippen MR) is 158 cm³/mol. The molecule has 0 amide bonds. The van der Waals surface area contributed by atoms with Gasteiger partial charge < -0.3 is 39.8 Å². The highest BCUT2D eigenvalue weighted by Crippen LogP contribution is 2.35. The molecule has 246 valence electrons. The van der Waals surface area contributed by atoms with Crippen molar-refractivity contribution in [2.45, 2.75) is 50.6 Å². The van der Waals surface area contributed by atoms with Crippen LogP contribution in [-0.4, -0.2) is 87.4 Å². The number of imidazole rings is 1. The Hall–Kier alpha value is -4.77. The number of methoxy groups -OCH3 is 2. The number of halogens is 4. The Morgan fingerprint density at radius 3 is 2.65 bits per heavy atom. The van der Waals surface area contributed by atoms with Crippen molar-refractivity contribution < 1.29 is 41.7 Å². The van der Waals surface area contributed by atoms with Crippen molar-refractivity contribution in [1.29, 1.82) is 0 Å².